The first-order valence-corrected chi connectivity index (χ1v) is 11.8. The van der Waals surface area contributed by atoms with E-state index in [1.807, 2.05) is 12.1 Å². The van der Waals surface area contributed by atoms with Gasteiger partial charge in [0.15, 0.2) is 0 Å². The second-order valence-corrected chi connectivity index (χ2v) is 10.2. The lowest BCUT2D eigenvalue weighted by Gasteiger charge is -2.46. The quantitative estimate of drug-likeness (QED) is 0.505. The Morgan fingerprint density at radius 3 is 2.90 bits per heavy atom. The molecule has 2 saturated heterocycles. The van der Waals surface area contributed by atoms with E-state index in [-0.39, 0.29) is 35.4 Å². The summed E-state index contributed by atoms with van der Waals surface area (Å²) in [6, 6.07) is 3.94. The number of carbonyl (C=O) groups excluding carboxylic acids is 1. The maximum absolute atomic E-state index is 13.0. The number of ether oxygens (including phenoxy) is 2. The molecule has 0 spiro atoms. The van der Waals surface area contributed by atoms with Crippen molar-refractivity contribution in [3.05, 3.63) is 35.8 Å². The topological polar surface area (TPSA) is 51.9 Å². The van der Waals surface area contributed by atoms with E-state index in [1.165, 1.54) is 19.3 Å². The van der Waals surface area contributed by atoms with E-state index in [9.17, 15) is 4.79 Å². The zero-order chi connectivity index (χ0) is 20.7. The molecule has 6 atom stereocenters. The summed E-state index contributed by atoms with van der Waals surface area (Å²) in [6.07, 6.45) is 11.4. The standard InChI is InChI=1S/C25H35NO4/c1-17-6-3-9-25(2)13-23-20(12-22(17)25)21(24(27)30-23)16-26(14-18-7-4-10-28-18)15-19-8-5-11-29-19/h4,7,10,12,17,19-21,23H,3,5-6,8-9,11,13-16H2,1-2H3/t17-,19-,20+,21+,23-,25+/m1/s1. The molecule has 0 N–H and O–H groups in total. The Hall–Kier alpha value is -1.59. The van der Waals surface area contributed by atoms with Crippen LogP contribution < -0.4 is 0 Å². The van der Waals surface area contributed by atoms with Gasteiger partial charge in [-0.15, -0.1) is 0 Å². The molecule has 2 aliphatic carbocycles. The Kier molecular flexibility index (Phi) is 5.53. The fraction of sp³-hybridized carbons (Fsp3) is 0.720. The Balaban J connectivity index is 1.36. The van der Waals surface area contributed by atoms with Gasteiger partial charge in [0.2, 0.25) is 0 Å². The molecule has 2 aliphatic heterocycles. The van der Waals surface area contributed by atoms with Crippen molar-refractivity contribution in [3.63, 3.8) is 0 Å². The molecule has 4 aliphatic rings. The second-order valence-electron chi connectivity index (χ2n) is 10.2. The number of hydrogen-bond acceptors (Lipinski definition) is 5. The highest BCUT2D eigenvalue weighted by atomic mass is 16.6. The van der Waals surface area contributed by atoms with Crippen molar-refractivity contribution in [3.8, 4) is 0 Å². The van der Waals surface area contributed by atoms with Crippen molar-refractivity contribution in [1.29, 1.82) is 0 Å². The van der Waals surface area contributed by atoms with E-state index in [4.69, 9.17) is 13.9 Å². The molecular formula is C25H35NO4. The van der Waals surface area contributed by atoms with Gasteiger partial charge in [0.05, 0.1) is 24.8 Å². The van der Waals surface area contributed by atoms with E-state index in [2.05, 4.69) is 24.8 Å². The molecular weight excluding hydrogens is 378 g/mol. The smallest absolute Gasteiger partial charge is 0.311 e. The first-order valence-electron chi connectivity index (χ1n) is 11.8. The largest absolute Gasteiger partial charge is 0.468 e. The van der Waals surface area contributed by atoms with Crippen LogP contribution in [0.3, 0.4) is 0 Å². The molecule has 3 fully saturated rings. The van der Waals surface area contributed by atoms with Crippen LogP contribution in [0.5, 0.6) is 0 Å². The van der Waals surface area contributed by atoms with Gasteiger partial charge in [0, 0.05) is 25.6 Å². The summed E-state index contributed by atoms with van der Waals surface area (Å²) in [5.41, 5.74) is 1.79. The van der Waals surface area contributed by atoms with E-state index < -0.39 is 0 Å². The van der Waals surface area contributed by atoms with Crippen LogP contribution in [0.25, 0.3) is 0 Å². The number of carbonyl (C=O) groups is 1. The van der Waals surface area contributed by atoms with Crippen molar-refractivity contribution in [2.45, 2.75) is 71.1 Å². The molecule has 1 saturated carbocycles. The average molecular weight is 414 g/mol. The van der Waals surface area contributed by atoms with Gasteiger partial charge >= 0.3 is 5.97 Å². The summed E-state index contributed by atoms with van der Waals surface area (Å²) in [5, 5.41) is 0. The number of nitrogens with zero attached hydrogens (tertiary/aromatic N) is 1. The average Bonchev–Trinajstić information content (AvgIpc) is 3.44. The number of hydrogen-bond donors (Lipinski definition) is 0. The van der Waals surface area contributed by atoms with Crippen LogP contribution in [0.15, 0.2) is 34.5 Å². The van der Waals surface area contributed by atoms with Crippen LogP contribution in [-0.2, 0) is 20.8 Å². The molecule has 0 amide bonds. The number of rotatable bonds is 6. The lowest BCUT2D eigenvalue weighted by molar-refractivity contribution is -0.145. The zero-order valence-corrected chi connectivity index (χ0v) is 18.3. The molecule has 3 heterocycles. The summed E-state index contributed by atoms with van der Waals surface area (Å²) in [4.78, 5) is 15.3. The SMILES string of the molecule is C[C@@H]1CCC[C@@]2(C)C[C@H]3OC(=O)[C@@H](CN(Cc4ccco4)C[C@H]4CCCO4)[C@@H]3C=C12. The predicted molar refractivity (Wildman–Crippen MR) is 114 cm³/mol. The monoisotopic (exact) mass is 413 g/mol. The fourth-order valence-electron chi connectivity index (χ4n) is 6.44. The summed E-state index contributed by atoms with van der Waals surface area (Å²) in [7, 11) is 0. The van der Waals surface area contributed by atoms with Gasteiger partial charge in [0.25, 0.3) is 0 Å². The Morgan fingerprint density at radius 1 is 1.23 bits per heavy atom. The van der Waals surface area contributed by atoms with Crippen LogP contribution >= 0.6 is 0 Å². The minimum atomic E-state index is -0.0995. The van der Waals surface area contributed by atoms with Gasteiger partial charge in [0.1, 0.15) is 11.9 Å². The molecule has 5 rings (SSSR count). The van der Waals surface area contributed by atoms with Gasteiger partial charge in [-0.25, -0.2) is 0 Å². The van der Waals surface area contributed by atoms with Gasteiger partial charge in [-0.05, 0) is 55.6 Å². The van der Waals surface area contributed by atoms with Crippen molar-refractivity contribution in [2.75, 3.05) is 19.7 Å². The Morgan fingerprint density at radius 2 is 2.13 bits per heavy atom. The molecule has 0 radical (unpaired) electrons. The van der Waals surface area contributed by atoms with E-state index in [0.29, 0.717) is 19.0 Å². The van der Waals surface area contributed by atoms with E-state index in [1.54, 1.807) is 11.8 Å². The minimum absolute atomic E-state index is 0.0199. The summed E-state index contributed by atoms with van der Waals surface area (Å²) in [5.74, 6) is 1.63. The molecule has 0 aromatic carbocycles. The van der Waals surface area contributed by atoms with Crippen molar-refractivity contribution < 1.29 is 18.7 Å². The highest BCUT2D eigenvalue weighted by Gasteiger charge is 2.52. The Bertz CT molecular complexity index is 781. The summed E-state index contributed by atoms with van der Waals surface area (Å²) >= 11 is 0. The first kappa shape index (κ1) is 20.3. The number of allylic oxidation sites excluding steroid dienone is 1. The van der Waals surface area contributed by atoms with Gasteiger partial charge in [-0.1, -0.05) is 31.9 Å². The van der Waals surface area contributed by atoms with Crippen LogP contribution in [0.4, 0.5) is 0 Å². The molecule has 164 valence electrons. The molecule has 0 unspecified atom stereocenters. The number of esters is 1. The molecule has 5 heteroatoms. The molecule has 1 aromatic heterocycles. The second kappa shape index (κ2) is 8.16. The van der Waals surface area contributed by atoms with Gasteiger partial charge in [-0.3, -0.25) is 9.69 Å². The highest BCUT2D eigenvalue weighted by Crippen LogP contribution is 2.54. The highest BCUT2D eigenvalue weighted by molar-refractivity contribution is 5.76. The third-order valence-corrected chi connectivity index (χ3v) is 7.98. The van der Waals surface area contributed by atoms with Gasteiger partial charge in [-0.2, -0.15) is 0 Å². The van der Waals surface area contributed by atoms with Crippen molar-refractivity contribution in [1.82, 2.24) is 4.90 Å². The molecule has 0 bridgehead atoms. The molecule has 5 nitrogen and oxygen atoms in total. The van der Waals surface area contributed by atoms with Crippen LogP contribution in [0.2, 0.25) is 0 Å². The normalized spacial score (nSPS) is 38.3. The lowest BCUT2D eigenvalue weighted by atomic mass is 9.59. The summed E-state index contributed by atoms with van der Waals surface area (Å²) in [6.45, 7) is 7.84. The van der Waals surface area contributed by atoms with Crippen molar-refractivity contribution in [2.24, 2.45) is 23.2 Å². The van der Waals surface area contributed by atoms with Crippen LogP contribution in [-0.4, -0.2) is 42.8 Å². The number of furan rings is 1. The number of fused-ring (bicyclic) bond motifs is 2. The first-order chi connectivity index (χ1) is 14.5. The van der Waals surface area contributed by atoms with Crippen LogP contribution in [0.1, 0.15) is 58.1 Å². The third-order valence-electron chi connectivity index (χ3n) is 7.98. The predicted octanol–water partition coefficient (Wildman–Crippen LogP) is 4.57. The fourth-order valence-corrected chi connectivity index (χ4v) is 6.44. The lowest BCUT2D eigenvalue weighted by Crippen LogP contribution is -2.42. The molecule has 30 heavy (non-hydrogen) atoms. The van der Waals surface area contributed by atoms with Crippen molar-refractivity contribution >= 4 is 5.97 Å². The van der Waals surface area contributed by atoms with E-state index in [0.717, 1.165) is 38.2 Å². The van der Waals surface area contributed by atoms with Crippen LogP contribution in [0, 0.1) is 23.2 Å². The third kappa shape index (κ3) is 3.87. The zero-order valence-electron chi connectivity index (χ0n) is 18.3. The minimum Gasteiger partial charge on any atom is -0.468 e. The van der Waals surface area contributed by atoms with Gasteiger partial charge < -0.3 is 13.9 Å². The maximum atomic E-state index is 13.0. The molecule has 1 aromatic rings. The maximum Gasteiger partial charge on any atom is 0.311 e. The summed E-state index contributed by atoms with van der Waals surface area (Å²) < 4.78 is 17.5. The Labute approximate surface area is 179 Å². The van der Waals surface area contributed by atoms with E-state index >= 15 is 0 Å².